The van der Waals surface area contributed by atoms with Gasteiger partial charge in [-0.15, -0.1) is 0 Å². The third kappa shape index (κ3) is 3.45. The molecule has 2 unspecified atom stereocenters. The van der Waals surface area contributed by atoms with Crippen LogP contribution in [-0.2, 0) is 37.1 Å². The lowest BCUT2D eigenvalue weighted by Crippen LogP contribution is -2.79. The van der Waals surface area contributed by atoms with Gasteiger partial charge in [0.05, 0.1) is 23.3 Å². The third-order valence-corrected chi connectivity index (χ3v) is 11.9. The van der Waals surface area contributed by atoms with Crippen LogP contribution in [0.25, 0.3) is 0 Å². The topological polar surface area (TPSA) is 76.1 Å². The number of nitrogens with zero attached hydrogens (tertiary/aromatic N) is 2. The maximum Gasteiger partial charge on any atom is 0.303 e. The molecule has 8 heteroatoms. The fourth-order valence-corrected chi connectivity index (χ4v) is 9.77. The lowest BCUT2D eigenvalue weighted by atomic mass is 9.48. The zero-order chi connectivity index (χ0) is 26.3. The van der Waals surface area contributed by atoms with Gasteiger partial charge in [-0.2, -0.15) is 4.31 Å². The summed E-state index contributed by atoms with van der Waals surface area (Å²) < 4.78 is 42.3. The third-order valence-electron chi connectivity index (χ3n) is 10.0. The number of hydrogen-bond acceptors (Lipinski definition) is 6. The minimum absolute atomic E-state index is 0.0500. The Bertz CT molecular complexity index is 1380. The molecule has 1 spiro atoms. The molecule has 7 rings (SSSR count). The Kier molecular flexibility index (Phi) is 5.53. The Morgan fingerprint density at radius 3 is 2.63 bits per heavy atom. The minimum atomic E-state index is -3.61. The molecule has 2 bridgehead atoms. The number of likely N-dealkylation sites (tertiary alicyclic amines) is 1. The van der Waals surface area contributed by atoms with Crippen molar-refractivity contribution in [2.45, 2.75) is 80.4 Å². The largest absolute Gasteiger partial charge is 0.487 e. The Hall–Kier alpha value is -2.42. The molecular formula is C30H36N2O5S. The second kappa shape index (κ2) is 8.54. The summed E-state index contributed by atoms with van der Waals surface area (Å²) in [7, 11) is -1.90. The van der Waals surface area contributed by atoms with Crippen LogP contribution in [0.4, 0.5) is 0 Å². The molecule has 0 amide bonds. The van der Waals surface area contributed by atoms with Gasteiger partial charge in [0.15, 0.2) is 0 Å². The number of piperidine rings is 1. The number of carbonyl (C=O) groups is 1. The average Bonchev–Trinajstić information content (AvgIpc) is 3.63. The van der Waals surface area contributed by atoms with Crippen LogP contribution in [0.2, 0.25) is 0 Å². The molecule has 2 aliphatic heterocycles. The van der Waals surface area contributed by atoms with Crippen LogP contribution in [0, 0.1) is 5.92 Å². The van der Waals surface area contributed by atoms with Gasteiger partial charge in [0.2, 0.25) is 10.0 Å². The lowest BCUT2D eigenvalue weighted by Gasteiger charge is -2.65. The molecule has 2 saturated carbocycles. The highest BCUT2D eigenvalue weighted by Gasteiger charge is 2.75. The fraction of sp³-hybridized carbons (Fsp3) is 0.567. The Morgan fingerprint density at radius 2 is 1.89 bits per heavy atom. The summed E-state index contributed by atoms with van der Waals surface area (Å²) in [6.07, 6.45) is 4.97. The minimum Gasteiger partial charge on any atom is -0.487 e. The molecule has 2 heterocycles. The maximum atomic E-state index is 13.7. The molecule has 2 aromatic carbocycles. The van der Waals surface area contributed by atoms with Gasteiger partial charge in [0.1, 0.15) is 17.5 Å². The monoisotopic (exact) mass is 536 g/mol. The highest BCUT2D eigenvalue weighted by molar-refractivity contribution is 7.88. The van der Waals surface area contributed by atoms with E-state index >= 15 is 0 Å². The summed E-state index contributed by atoms with van der Waals surface area (Å²) in [5.74, 6) is 1.25. The highest BCUT2D eigenvalue weighted by Crippen LogP contribution is 2.66. The van der Waals surface area contributed by atoms with Crippen molar-refractivity contribution in [1.82, 2.24) is 9.21 Å². The van der Waals surface area contributed by atoms with Crippen LogP contribution in [-0.4, -0.2) is 67.5 Å². The standard InChI is InChI=1S/C30H36N2O5S/c1-20(33)37-30-14-13-24(31(2)38(34,35)19-22-7-4-3-5-8-22)28-29(30)15-16-32(18-21-11-12-21)26(30)17-23-9-6-10-25(36-28)27(23)29/h3-10,21,24,26,28H,11-19H2,1-2H3/t24?,26-,28?,29+,30-/m1/s1. The van der Waals surface area contributed by atoms with Gasteiger partial charge >= 0.3 is 5.97 Å². The number of likely N-dealkylation sites (N-methyl/N-ethyl adjacent to an activating group) is 1. The molecule has 2 aromatic rings. The van der Waals surface area contributed by atoms with E-state index in [-0.39, 0.29) is 23.8 Å². The van der Waals surface area contributed by atoms with Crippen molar-refractivity contribution >= 4 is 16.0 Å². The molecule has 5 atom stereocenters. The van der Waals surface area contributed by atoms with E-state index in [0.717, 1.165) is 48.7 Å². The van der Waals surface area contributed by atoms with Gasteiger partial charge in [-0.3, -0.25) is 9.69 Å². The Labute approximate surface area is 225 Å². The lowest BCUT2D eigenvalue weighted by molar-refractivity contribution is -0.221. The SMILES string of the molecule is CC(=O)O[C@@]12CCC(N(C)S(=O)(=O)Cc3ccccc3)C3Oc4cccc5c4[C@@]31CCN(CC1CC1)[C@@H]2C5. The average molecular weight is 537 g/mol. The van der Waals surface area contributed by atoms with E-state index in [1.165, 1.54) is 25.3 Å². The summed E-state index contributed by atoms with van der Waals surface area (Å²) in [6, 6.07) is 15.3. The van der Waals surface area contributed by atoms with Crippen LogP contribution in [0.1, 0.15) is 55.7 Å². The molecule has 1 saturated heterocycles. The quantitative estimate of drug-likeness (QED) is 0.503. The molecule has 0 radical (unpaired) electrons. The molecule has 7 nitrogen and oxygen atoms in total. The summed E-state index contributed by atoms with van der Waals surface area (Å²) in [5, 5.41) is 0. The first-order valence-electron chi connectivity index (χ1n) is 14.0. The summed E-state index contributed by atoms with van der Waals surface area (Å²) in [5.41, 5.74) is 1.90. The van der Waals surface area contributed by atoms with Crippen LogP contribution < -0.4 is 4.74 Å². The van der Waals surface area contributed by atoms with Crippen molar-refractivity contribution in [1.29, 1.82) is 0 Å². The van der Waals surface area contributed by atoms with E-state index in [1.54, 1.807) is 11.4 Å². The van der Waals surface area contributed by atoms with Crippen molar-refractivity contribution in [2.24, 2.45) is 5.92 Å². The molecule has 3 aliphatic carbocycles. The van der Waals surface area contributed by atoms with Crippen molar-refractivity contribution in [2.75, 3.05) is 20.1 Å². The normalized spacial score (nSPS) is 33.5. The van der Waals surface area contributed by atoms with E-state index in [4.69, 9.17) is 9.47 Å². The van der Waals surface area contributed by atoms with Crippen LogP contribution in [0.3, 0.4) is 0 Å². The number of sulfonamides is 1. The predicted octanol–water partition coefficient (Wildman–Crippen LogP) is 3.65. The van der Waals surface area contributed by atoms with E-state index in [1.807, 2.05) is 42.5 Å². The van der Waals surface area contributed by atoms with E-state index in [0.29, 0.717) is 12.8 Å². The number of esters is 1. The summed E-state index contributed by atoms with van der Waals surface area (Å²) in [4.78, 5) is 15.3. The maximum absolute atomic E-state index is 13.7. The number of carbonyl (C=O) groups excluding carboxylic acids is 1. The van der Waals surface area contributed by atoms with E-state index in [9.17, 15) is 13.2 Å². The van der Waals surface area contributed by atoms with Crippen molar-refractivity contribution < 1.29 is 22.7 Å². The second-order valence-corrected chi connectivity index (χ2v) is 14.1. The van der Waals surface area contributed by atoms with Gasteiger partial charge in [0.25, 0.3) is 0 Å². The Morgan fingerprint density at radius 1 is 1.11 bits per heavy atom. The second-order valence-electron chi connectivity index (χ2n) is 12.1. The van der Waals surface area contributed by atoms with Crippen LogP contribution in [0.5, 0.6) is 5.75 Å². The molecule has 0 N–H and O–H groups in total. The van der Waals surface area contributed by atoms with E-state index in [2.05, 4.69) is 11.0 Å². The van der Waals surface area contributed by atoms with Crippen molar-refractivity contribution in [3.05, 3.63) is 65.2 Å². The summed E-state index contributed by atoms with van der Waals surface area (Å²) >= 11 is 0. The van der Waals surface area contributed by atoms with Crippen LogP contribution in [0.15, 0.2) is 48.5 Å². The zero-order valence-electron chi connectivity index (χ0n) is 22.1. The van der Waals surface area contributed by atoms with Gasteiger partial charge in [0, 0.05) is 26.1 Å². The van der Waals surface area contributed by atoms with Crippen LogP contribution >= 0.6 is 0 Å². The molecule has 202 valence electrons. The van der Waals surface area contributed by atoms with Crippen molar-refractivity contribution in [3.8, 4) is 5.75 Å². The number of hydrogen-bond donors (Lipinski definition) is 0. The van der Waals surface area contributed by atoms with Crippen molar-refractivity contribution in [3.63, 3.8) is 0 Å². The van der Waals surface area contributed by atoms with E-state index < -0.39 is 27.1 Å². The number of benzene rings is 2. The number of ether oxygens (including phenoxy) is 2. The first kappa shape index (κ1) is 24.6. The Balaban J connectivity index is 1.32. The summed E-state index contributed by atoms with van der Waals surface area (Å²) in [6.45, 7) is 3.46. The van der Waals surface area contributed by atoms with Gasteiger partial charge in [-0.05, 0) is 68.2 Å². The van der Waals surface area contributed by atoms with Gasteiger partial charge in [-0.1, -0.05) is 42.5 Å². The first-order valence-corrected chi connectivity index (χ1v) is 15.6. The van der Waals surface area contributed by atoms with Gasteiger partial charge in [-0.25, -0.2) is 8.42 Å². The first-order chi connectivity index (χ1) is 18.2. The molecule has 0 aromatic heterocycles. The molecule has 3 fully saturated rings. The smallest absolute Gasteiger partial charge is 0.303 e. The predicted molar refractivity (Wildman–Crippen MR) is 143 cm³/mol. The fourth-order valence-electron chi connectivity index (χ4n) is 8.33. The highest BCUT2D eigenvalue weighted by atomic mass is 32.2. The molecule has 5 aliphatic rings. The molecular weight excluding hydrogens is 500 g/mol. The molecule has 38 heavy (non-hydrogen) atoms. The zero-order valence-corrected chi connectivity index (χ0v) is 23.0. The number of rotatable bonds is 7. The van der Waals surface area contributed by atoms with Gasteiger partial charge < -0.3 is 9.47 Å².